The molecule has 0 amide bonds. The van der Waals surface area contributed by atoms with Crippen LogP contribution in [-0.4, -0.2) is 14.2 Å². The molecule has 3 heteroatoms. The van der Waals surface area contributed by atoms with Gasteiger partial charge in [-0.15, -0.1) is 11.8 Å². The van der Waals surface area contributed by atoms with Crippen LogP contribution in [0.4, 0.5) is 0 Å². The van der Waals surface area contributed by atoms with E-state index in [1.807, 2.05) is 23.9 Å². The molecule has 0 bridgehead atoms. The van der Waals surface area contributed by atoms with Crippen LogP contribution in [0.25, 0.3) is 0 Å². The summed E-state index contributed by atoms with van der Waals surface area (Å²) in [6, 6.07) is 5.95. The Kier molecular flexibility index (Phi) is 3.21. The van der Waals surface area contributed by atoms with Crippen LogP contribution in [0.1, 0.15) is 17.2 Å². The molecule has 0 radical (unpaired) electrons. The number of hydrogen-bond acceptors (Lipinski definition) is 3. The van der Waals surface area contributed by atoms with Gasteiger partial charge in [-0.3, -0.25) is 0 Å². The van der Waals surface area contributed by atoms with Gasteiger partial charge in [0.05, 0.1) is 14.2 Å². The molecule has 1 heterocycles. The third kappa shape index (κ3) is 2.12. The van der Waals surface area contributed by atoms with Gasteiger partial charge in [0.2, 0.25) is 0 Å². The van der Waals surface area contributed by atoms with Crippen molar-refractivity contribution >= 4 is 11.8 Å². The molecule has 2 nitrogen and oxygen atoms in total. The van der Waals surface area contributed by atoms with E-state index >= 15 is 0 Å². The van der Waals surface area contributed by atoms with Gasteiger partial charge >= 0.3 is 0 Å². The summed E-state index contributed by atoms with van der Waals surface area (Å²) < 4.78 is 10.6. The minimum absolute atomic E-state index is 0.468. The third-order valence-electron chi connectivity index (χ3n) is 2.47. The topological polar surface area (TPSA) is 18.5 Å². The number of rotatable bonds is 3. The number of thioether (sulfide) groups is 1. The van der Waals surface area contributed by atoms with Crippen LogP contribution in [0.5, 0.6) is 11.5 Å². The predicted molar refractivity (Wildman–Crippen MR) is 63.6 cm³/mol. The van der Waals surface area contributed by atoms with Gasteiger partial charge in [0.25, 0.3) is 0 Å². The SMILES string of the molecule is COc1ccc(OC)c(C2CC=CS2)c1. The highest BCUT2D eigenvalue weighted by Gasteiger charge is 2.18. The zero-order chi connectivity index (χ0) is 10.7. The molecule has 1 aliphatic rings. The molecule has 0 aliphatic carbocycles. The molecule has 0 fully saturated rings. The first-order valence-corrected chi connectivity index (χ1v) is 5.82. The second-order valence-electron chi connectivity index (χ2n) is 3.34. The predicted octanol–water partition coefficient (Wildman–Crippen LogP) is 3.40. The average Bonchev–Trinajstić information content (AvgIpc) is 2.81. The van der Waals surface area contributed by atoms with E-state index in [9.17, 15) is 0 Å². The second-order valence-corrected chi connectivity index (χ2v) is 4.45. The Morgan fingerprint density at radius 3 is 2.73 bits per heavy atom. The molecular formula is C12H14O2S. The van der Waals surface area contributed by atoms with Crippen molar-refractivity contribution in [2.24, 2.45) is 0 Å². The first-order chi connectivity index (χ1) is 7.35. The zero-order valence-corrected chi connectivity index (χ0v) is 9.71. The van der Waals surface area contributed by atoms with Crippen LogP contribution >= 0.6 is 11.8 Å². The summed E-state index contributed by atoms with van der Waals surface area (Å²) in [5, 5.41) is 2.61. The van der Waals surface area contributed by atoms with Gasteiger partial charge in [-0.25, -0.2) is 0 Å². The lowest BCUT2D eigenvalue weighted by Gasteiger charge is -2.14. The molecule has 1 aromatic carbocycles. The summed E-state index contributed by atoms with van der Waals surface area (Å²) in [5.74, 6) is 1.83. The molecule has 0 spiro atoms. The maximum atomic E-state index is 5.36. The lowest BCUT2D eigenvalue weighted by Crippen LogP contribution is -1.96. The second kappa shape index (κ2) is 4.62. The van der Waals surface area contributed by atoms with E-state index in [2.05, 4.69) is 17.6 Å². The number of benzene rings is 1. The van der Waals surface area contributed by atoms with Crippen molar-refractivity contribution in [2.75, 3.05) is 14.2 Å². The normalized spacial score (nSPS) is 19.2. The lowest BCUT2D eigenvalue weighted by molar-refractivity contribution is 0.398. The zero-order valence-electron chi connectivity index (χ0n) is 8.90. The van der Waals surface area contributed by atoms with Crippen molar-refractivity contribution in [1.29, 1.82) is 0 Å². The smallest absolute Gasteiger partial charge is 0.123 e. The van der Waals surface area contributed by atoms with Gasteiger partial charge in [-0.1, -0.05) is 6.08 Å². The van der Waals surface area contributed by atoms with Crippen molar-refractivity contribution in [3.8, 4) is 11.5 Å². The fourth-order valence-electron chi connectivity index (χ4n) is 1.68. The summed E-state index contributed by atoms with van der Waals surface area (Å²) in [6.07, 6.45) is 3.25. The lowest BCUT2D eigenvalue weighted by atomic mass is 10.1. The van der Waals surface area contributed by atoms with E-state index in [-0.39, 0.29) is 0 Å². The standard InChI is InChI=1S/C12H14O2S/c1-13-9-5-6-11(14-2)10(8-9)12-4-3-7-15-12/h3,5-8,12H,4H2,1-2H3. The third-order valence-corrected chi connectivity index (χ3v) is 3.60. The summed E-state index contributed by atoms with van der Waals surface area (Å²) in [4.78, 5) is 0. The molecule has 0 saturated carbocycles. The van der Waals surface area contributed by atoms with Gasteiger partial charge in [0.15, 0.2) is 0 Å². The molecule has 80 valence electrons. The first kappa shape index (κ1) is 10.4. The Morgan fingerprint density at radius 2 is 2.13 bits per heavy atom. The molecule has 2 rings (SSSR count). The Balaban J connectivity index is 2.33. The summed E-state index contributed by atoms with van der Waals surface area (Å²) in [6.45, 7) is 0. The van der Waals surface area contributed by atoms with Crippen molar-refractivity contribution in [2.45, 2.75) is 11.7 Å². The first-order valence-electron chi connectivity index (χ1n) is 4.87. The van der Waals surface area contributed by atoms with Crippen molar-refractivity contribution in [3.05, 3.63) is 35.2 Å². The number of methoxy groups -OCH3 is 2. The number of allylic oxidation sites excluding steroid dienone is 1. The van der Waals surface area contributed by atoms with Crippen LogP contribution in [0.15, 0.2) is 29.7 Å². The molecule has 1 aliphatic heterocycles. The van der Waals surface area contributed by atoms with Crippen molar-refractivity contribution in [1.82, 2.24) is 0 Å². The molecule has 1 unspecified atom stereocenters. The Bertz CT molecular complexity index is 366. The average molecular weight is 222 g/mol. The van der Waals surface area contributed by atoms with Crippen LogP contribution in [0.3, 0.4) is 0 Å². The molecule has 0 N–H and O–H groups in total. The fraction of sp³-hybridized carbons (Fsp3) is 0.333. The molecular weight excluding hydrogens is 208 g/mol. The molecule has 15 heavy (non-hydrogen) atoms. The minimum atomic E-state index is 0.468. The summed E-state index contributed by atoms with van der Waals surface area (Å²) >= 11 is 1.83. The summed E-state index contributed by atoms with van der Waals surface area (Å²) in [5.41, 5.74) is 1.21. The van der Waals surface area contributed by atoms with Crippen LogP contribution in [-0.2, 0) is 0 Å². The highest BCUT2D eigenvalue weighted by Crippen LogP contribution is 2.43. The highest BCUT2D eigenvalue weighted by molar-refractivity contribution is 8.02. The number of ether oxygens (including phenoxy) is 2. The monoisotopic (exact) mass is 222 g/mol. The Labute approximate surface area is 94.3 Å². The van der Waals surface area contributed by atoms with E-state index < -0.39 is 0 Å². The van der Waals surface area contributed by atoms with Crippen molar-refractivity contribution in [3.63, 3.8) is 0 Å². The van der Waals surface area contributed by atoms with Gasteiger partial charge < -0.3 is 9.47 Å². The molecule has 0 aromatic heterocycles. The number of hydrogen-bond donors (Lipinski definition) is 0. The maximum Gasteiger partial charge on any atom is 0.123 e. The van der Waals surface area contributed by atoms with Crippen LogP contribution in [0.2, 0.25) is 0 Å². The molecule has 1 atom stereocenters. The Morgan fingerprint density at radius 1 is 1.27 bits per heavy atom. The van der Waals surface area contributed by atoms with Gasteiger partial charge in [0.1, 0.15) is 11.5 Å². The van der Waals surface area contributed by atoms with Gasteiger partial charge in [-0.2, -0.15) is 0 Å². The Hall–Kier alpha value is -1.09. The van der Waals surface area contributed by atoms with E-state index in [1.165, 1.54) is 5.56 Å². The quantitative estimate of drug-likeness (QED) is 0.781. The largest absolute Gasteiger partial charge is 0.497 e. The minimum Gasteiger partial charge on any atom is -0.497 e. The molecule has 0 saturated heterocycles. The van der Waals surface area contributed by atoms with Gasteiger partial charge in [0, 0.05) is 10.8 Å². The highest BCUT2D eigenvalue weighted by atomic mass is 32.2. The fourth-order valence-corrected chi connectivity index (χ4v) is 2.64. The van der Waals surface area contributed by atoms with Gasteiger partial charge in [-0.05, 0) is 30.0 Å². The van der Waals surface area contributed by atoms with Crippen molar-refractivity contribution < 1.29 is 9.47 Å². The van der Waals surface area contributed by atoms with Crippen LogP contribution < -0.4 is 9.47 Å². The van der Waals surface area contributed by atoms with E-state index in [0.717, 1.165) is 17.9 Å². The van der Waals surface area contributed by atoms with Crippen LogP contribution in [0, 0.1) is 0 Å². The van der Waals surface area contributed by atoms with E-state index in [0.29, 0.717) is 5.25 Å². The maximum absolute atomic E-state index is 5.36. The summed E-state index contributed by atoms with van der Waals surface area (Å²) in [7, 11) is 3.39. The molecule has 1 aromatic rings. The van der Waals surface area contributed by atoms with E-state index in [4.69, 9.17) is 9.47 Å². The van der Waals surface area contributed by atoms with E-state index in [1.54, 1.807) is 14.2 Å².